The molecule has 2 aliphatic heterocycles. The Morgan fingerprint density at radius 1 is 0.971 bits per heavy atom. The standard InChI is InChI=1S/C29H32O6/c1-18-6-9-21(29-28(32)26(31)15-24(16-30)35-29)13-22(18)12-19-7-10-23(11-8-19)33-17-25-14-20-4-2-3-5-27(20)34-25/h2-11,13,24-26,28-32H,12,14-17H2,1H3/t24-,25-,26-,28?,29-/m0/s1. The molecule has 184 valence electrons. The van der Waals surface area contributed by atoms with Crippen molar-refractivity contribution in [3.63, 3.8) is 0 Å². The van der Waals surface area contributed by atoms with Gasteiger partial charge in [-0.15, -0.1) is 0 Å². The smallest absolute Gasteiger partial charge is 0.137 e. The van der Waals surface area contributed by atoms with Gasteiger partial charge >= 0.3 is 0 Å². The van der Waals surface area contributed by atoms with Crippen LogP contribution in [0.25, 0.3) is 0 Å². The first-order chi connectivity index (χ1) is 17.0. The molecule has 1 saturated heterocycles. The second-order valence-electron chi connectivity index (χ2n) is 9.52. The van der Waals surface area contributed by atoms with Crippen LogP contribution in [0.1, 0.15) is 40.3 Å². The summed E-state index contributed by atoms with van der Waals surface area (Å²) >= 11 is 0. The molecule has 3 aromatic carbocycles. The van der Waals surface area contributed by atoms with Gasteiger partial charge < -0.3 is 29.5 Å². The van der Waals surface area contributed by atoms with Gasteiger partial charge in [-0.05, 0) is 59.4 Å². The topological polar surface area (TPSA) is 88.4 Å². The van der Waals surface area contributed by atoms with Crippen molar-refractivity contribution in [2.24, 2.45) is 0 Å². The van der Waals surface area contributed by atoms with Crippen LogP contribution in [0.3, 0.4) is 0 Å². The van der Waals surface area contributed by atoms with Gasteiger partial charge in [-0.1, -0.05) is 48.5 Å². The summed E-state index contributed by atoms with van der Waals surface area (Å²) in [6.45, 7) is 2.37. The van der Waals surface area contributed by atoms with Crippen molar-refractivity contribution in [3.05, 3.63) is 94.5 Å². The minimum atomic E-state index is -1.03. The van der Waals surface area contributed by atoms with Crippen LogP contribution in [0.2, 0.25) is 0 Å². The molecule has 0 aliphatic carbocycles. The number of aryl methyl sites for hydroxylation is 1. The molecule has 2 heterocycles. The lowest BCUT2D eigenvalue weighted by Gasteiger charge is -2.37. The van der Waals surface area contributed by atoms with Crippen LogP contribution in [-0.4, -0.2) is 52.9 Å². The zero-order valence-corrected chi connectivity index (χ0v) is 19.8. The molecule has 0 radical (unpaired) electrons. The summed E-state index contributed by atoms with van der Waals surface area (Å²) in [7, 11) is 0. The highest BCUT2D eigenvalue weighted by Crippen LogP contribution is 2.33. The molecule has 1 unspecified atom stereocenters. The van der Waals surface area contributed by atoms with Crippen molar-refractivity contribution in [2.45, 2.75) is 56.7 Å². The molecular formula is C29H32O6. The van der Waals surface area contributed by atoms with E-state index in [1.165, 1.54) is 5.56 Å². The Balaban J connectivity index is 1.22. The summed E-state index contributed by atoms with van der Waals surface area (Å²) in [5, 5.41) is 30.2. The molecule has 6 heteroatoms. The van der Waals surface area contributed by atoms with Gasteiger partial charge in [0.2, 0.25) is 0 Å². The van der Waals surface area contributed by atoms with E-state index in [9.17, 15) is 15.3 Å². The van der Waals surface area contributed by atoms with Crippen molar-refractivity contribution in [3.8, 4) is 11.5 Å². The normalized spacial score (nSPS) is 25.7. The summed E-state index contributed by atoms with van der Waals surface area (Å²) in [4.78, 5) is 0. The third kappa shape index (κ3) is 5.36. The average molecular weight is 477 g/mol. The third-order valence-electron chi connectivity index (χ3n) is 6.92. The van der Waals surface area contributed by atoms with E-state index in [2.05, 4.69) is 25.1 Å². The molecule has 3 aromatic rings. The van der Waals surface area contributed by atoms with Gasteiger partial charge in [0.15, 0.2) is 0 Å². The summed E-state index contributed by atoms with van der Waals surface area (Å²) in [5.41, 5.74) is 5.41. The van der Waals surface area contributed by atoms with E-state index in [1.54, 1.807) is 0 Å². The quantitative estimate of drug-likeness (QED) is 0.484. The average Bonchev–Trinajstić information content (AvgIpc) is 3.30. The lowest BCUT2D eigenvalue weighted by atomic mass is 9.90. The molecule has 3 N–H and O–H groups in total. The van der Waals surface area contributed by atoms with E-state index in [0.717, 1.165) is 46.6 Å². The fourth-order valence-electron chi connectivity index (χ4n) is 4.87. The van der Waals surface area contributed by atoms with Crippen LogP contribution >= 0.6 is 0 Å². The minimum Gasteiger partial charge on any atom is -0.490 e. The Bertz CT molecular complexity index is 1120. The molecule has 0 amide bonds. The summed E-state index contributed by atoms with van der Waals surface area (Å²) < 4.78 is 17.8. The number of fused-ring (bicyclic) bond motifs is 1. The number of benzene rings is 3. The maximum absolute atomic E-state index is 10.5. The lowest BCUT2D eigenvalue weighted by molar-refractivity contribution is -0.179. The first-order valence-corrected chi connectivity index (χ1v) is 12.2. The summed E-state index contributed by atoms with van der Waals surface area (Å²) in [5.74, 6) is 1.75. The number of hydrogen-bond acceptors (Lipinski definition) is 6. The van der Waals surface area contributed by atoms with Crippen molar-refractivity contribution in [1.29, 1.82) is 0 Å². The highest BCUT2D eigenvalue weighted by Gasteiger charge is 2.37. The Morgan fingerprint density at radius 3 is 2.54 bits per heavy atom. The predicted molar refractivity (Wildman–Crippen MR) is 132 cm³/mol. The molecule has 5 atom stereocenters. The van der Waals surface area contributed by atoms with Crippen LogP contribution < -0.4 is 9.47 Å². The van der Waals surface area contributed by atoms with Crippen LogP contribution in [0.15, 0.2) is 66.7 Å². The first kappa shape index (κ1) is 23.8. The Hall–Kier alpha value is -2.90. The Labute approximate surface area is 205 Å². The molecule has 0 saturated carbocycles. The van der Waals surface area contributed by atoms with E-state index >= 15 is 0 Å². The fraction of sp³-hybridized carbons (Fsp3) is 0.379. The maximum Gasteiger partial charge on any atom is 0.137 e. The SMILES string of the molecule is Cc1ccc([C@@H]2O[C@H](CO)C[C@H](O)C2O)cc1Cc1ccc(OC[C@@H]2Cc3ccccc3O2)cc1. The monoisotopic (exact) mass is 476 g/mol. The Kier molecular flexibility index (Phi) is 7.07. The molecule has 0 aromatic heterocycles. The van der Waals surface area contributed by atoms with Crippen molar-refractivity contribution in [1.82, 2.24) is 0 Å². The maximum atomic E-state index is 10.5. The molecule has 0 bridgehead atoms. The van der Waals surface area contributed by atoms with Gasteiger partial charge in [0, 0.05) is 12.8 Å². The van der Waals surface area contributed by atoms with Gasteiger partial charge in [-0.25, -0.2) is 0 Å². The number of aliphatic hydroxyl groups is 3. The predicted octanol–water partition coefficient (Wildman–Crippen LogP) is 3.51. The largest absolute Gasteiger partial charge is 0.490 e. The highest BCUT2D eigenvalue weighted by molar-refractivity contribution is 5.39. The van der Waals surface area contributed by atoms with Crippen LogP contribution in [0.5, 0.6) is 11.5 Å². The van der Waals surface area contributed by atoms with Gasteiger partial charge in [0.25, 0.3) is 0 Å². The van der Waals surface area contributed by atoms with Crippen LogP contribution in [0.4, 0.5) is 0 Å². The lowest BCUT2D eigenvalue weighted by Crippen LogP contribution is -2.44. The highest BCUT2D eigenvalue weighted by atomic mass is 16.5. The summed E-state index contributed by atoms with van der Waals surface area (Å²) in [6.07, 6.45) is -1.28. The van der Waals surface area contributed by atoms with Crippen molar-refractivity contribution >= 4 is 0 Å². The second kappa shape index (κ2) is 10.4. The zero-order valence-electron chi connectivity index (χ0n) is 19.8. The van der Waals surface area contributed by atoms with E-state index in [-0.39, 0.29) is 19.1 Å². The molecular weight excluding hydrogens is 444 g/mol. The second-order valence-corrected chi connectivity index (χ2v) is 9.52. The van der Waals surface area contributed by atoms with E-state index in [4.69, 9.17) is 14.2 Å². The number of para-hydroxylation sites is 1. The van der Waals surface area contributed by atoms with E-state index in [0.29, 0.717) is 6.61 Å². The van der Waals surface area contributed by atoms with Crippen molar-refractivity contribution in [2.75, 3.05) is 13.2 Å². The van der Waals surface area contributed by atoms with E-state index in [1.807, 2.05) is 48.5 Å². The van der Waals surface area contributed by atoms with Crippen molar-refractivity contribution < 1.29 is 29.5 Å². The Morgan fingerprint density at radius 2 is 1.77 bits per heavy atom. The minimum absolute atomic E-state index is 0.0266. The van der Waals surface area contributed by atoms with Gasteiger partial charge in [0.1, 0.15) is 36.4 Å². The zero-order chi connectivity index (χ0) is 24.4. The van der Waals surface area contributed by atoms with Crippen LogP contribution in [-0.2, 0) is 17.6 Å². The van der Waals surface area contributed by atoms with Gasteiger partial charge in [0.05, 0.1) is 18.8 Å². The third-order valence-corrected chi connectivity index (χ3v) is 6.92. The number of hydrogen-bond donors (Lipinski definition) is 3. The summed E-state index contributed by atoms with van der Waals surface area (Å²) in [6, 6.07) is 22.1. The molecule has 1 fully saturated rings. The molecule has 2 aliphatic rings. The number of ether oxygens (including phenoxy) is 3. The first-order valence-electron chi connectivity index (χ1n) is 12.2. The van der Waals surface area contributed by atoms with Gasteiger partial charge in [-0.2, -0.15) is 0 Å². The molecule has 6 nitrogen and oxygen atoms in total. The molecule has 0 spiro atoms. The van der Waals surface area contributed by atoms with Gasteiger partial charge in [-0.3, -0.25) is 0 Å². The van der Waals surface area contributed by atoms with Crippen LogP contribution in [0, 0.1) is 6.92 Å². The molecule has 35 heavy (non-hydrogen) atoms. The number of rotatable bonds is 7. The fourth-order valence-corrected chi connectivity index (χ4v) is 4.87. The number of aliphatic hydroxyl groups excluding tert-OH is 3. The van der Waals surface area contributed by atoms with E-state index < -0.39 is 24.4 Å². The molecule has 5 rings (SSSR count).